The van der Waals surface area contributed by atoms with E-state index in [0.717, 1.165) is 60.3 Å². The number of ether oxygens (including phenoxy) is 2. The van der Waals surface area contributed by atoms with E-state index in [1.807, 2.05) is 80.8 Å². The van der Waals surface area contributed by atoms with Gasteiger partial charge in [-0.15, -0.1) is 0 Å². The summed E-state index contributed by atoms with van der Waals surface area (Å²) in [5.74, 6) is -0.188. The number of benzene rings is 2. The Morgan fingerprint density at radius 2 is 1.40 bits per heavy atom. The number of amides is 5. The first-order chi connectivity index (χ1) is 25.3. The number of hydrogen-bond acceptors (Lipinski definition) is 7. The Morgan fingerprint density at radius 3 is 2.04 bits per heavy atom. The van der Waals surface area contributed by atoms with Crippen molar-refractivity contribution in [2.75, 3.05) is 64.2 Å². The molecule has 0 saturated carbocycles. The minimum Gasteiger partial charge on any atom is -0.444 e. The molecule has 12 nitrogen and oxygen atoms in total. The summed E-state index contributed by atoms with van der Waals surface area (Å²) in [5.41, 5.74) is 4.16. The molecule has 1 atom stereocenters. The SMILES string of the molecule is Cc1cc(C[C@@H](OC(=O)N2CCC(N3CCc4ccccc4NC3=O)CC2)C(=O)N2CCC(N3CCN(C(=O)OC(C)(C)C)CC3)CC2)cc(C)c1Cl. The summed E-state index contributed by atoms with van der Waals surface area (Å²) in [4.78, 5) is 63.2. The van der Waals surface area contributed by atoms with Crippen molar-refractivity contribution in [3.05, 3.63) is 63.7 Å². The van der Waals surface area contributed by atoms with Crippen molar-refractivity contribution in [1.82, 2.24) is 24.5 Å². The number of likely N-dealkylation sites (tertiary alicyclic amines) is 2. The molecular weight excluding hydrogens is 696 g/mol. The molecule has 13 heteroatoms. The molecule has 53 heavy (non-hydrogen) atoms. The number of urea groups is 1. The molecule has 0 unspecified atom stereocenters. The number of halogens is 1. The van der Waals surface area contributed by atoms with Gasteiger partial charge in [0, 0.05) is 88.1 Å². The van der Waals surface area contributed by atoms with E-state index in [1.54, 1.807) is 9.80 Å². The van der Waals surface area contributed by atoms with Crippen LogP contribution in [0.5, 0.6) is 0 Å². The van der Waals surface area contributed by atoms with Gasteiger partial charge in [0.25, 0.3) is 5.91 Å². The molecule has 4 aliphatic heterocycles. The van der Waals surface area contributed by atoms with Gasteiger partial charge < -0.3 is 34.4 Å². The largest absolute Gasteiger partial charge is 0.444 e. The molecule has 1 N–H and O–H groups in total. The lowest BCUT2D eigenvalue weighted by molar-refractivity contribution is -0.142. The number of hydrogen-bond donors (Lipinski definition) is 1. The molecule has 0 radical (unpaired) electrons. The summed E-state index contributed by atoms with van der Waals surface area (Å²) in [6.45, 7) is 14.9. The average Bonchev–Trinajstić information content (AvgIpc) is 3.30. The van der Waals surface area contributed by atoms with Gasteiger partial charge in [0.1, 0.15) is 5.60 Å². The number of para-hydroxylation sites is 1. The Labute approximate surface area is 318 Å². The molecular formula is C40H55ClN6O6. The van der Waals surface area contributed by atoms with Gasteiger partial charge in [-0.1, -0.05) is 41.9 Å². The maximum atomic E-state index is 14.2. The minimum absolute atomic E-state index is 0.00684. The standard InChI is InChI=1S/C40H55ClN6O6/c1-27-24-29(25-28(2)35(27)41)26-34(36(48)44-15-11-31(12-16-44)43-20-22-46(23-21-43)39(51)53-40(3,4)5)52-38(50)45-17-13-32(14-18-45)47-19-10-30-8-6-7-9-33(30)42-37(47)49/h6-9,24-25,31-32,34H,10-23,26H2,1-5H3,(H,42,49)/t34-/m1/s1. The Hall–Kier alpha value is -4.03. The quantitative estimate of drug-likeness (QED) is 0.380. The average molecular weight is 751 g/mol. The molecule has 4 aliphatic rings. The van der Waals surface area contributed by atoms with Crippen LogP contribution in [0.1, 0.15) is 68.7 Å². The van der Waals surface area contributed by atoms with Crippen LogP contribution in [-0.4, -0.2) is 131 Å². The van der Waals surface area contributed by atoms with Gasteiger partial charge in [-0.3, -0.25) is 9.69 Å². The second-order valence-electron chi connectivity index (χ2n) is 15.9. The number of anilines is 1. The Balaban J connectivity index is 1.05. The van der Waals surface area contributed by atoms with Crippen LogP contribution in [0.4, 0.5) is 20.1 Å². The van der Waals surface area contributed by atoms with E-state index in [-0.39, 0.29) is 30.5 Å². The Kier molecular flexibility index (Phi) is 12.1. The monoisotopic (exact) mass is 750 g/mol. The van der Waals surface area contributed by atoms with E-state index in [9.17, 15) is 19.2 Å². The summed E-state index contributed by atoms with van der Waals surface area (Å²) in [6.07, 6.45) is 2.14. The van der Waals surface area contributed by atoms with Crippen LogP contribution < -0.4 is 5.32 Å². The van der Waals surface area contributed by atoms with Crippen molar-refractivity contribution in [3.63, 3.8) is 0 Å². The molecule has 3 fully saturated rings. The molecule has 0 bridgehead atoms. The highest BCUT2D eigenvalue weighted by atomic mass is 35.5. The molecule has 288 valence electrons. The molecule has 0 spiro atoms. The maximum absolute atomic E-state index is 14.2. The highest BCUT2D eigenvalue weighted by molar-refractivity contribution is 6.32. The number of carbonyl (C=O) groups is 4. The first-order valence-electron chi connectivity index (χ1n) is 19.1. The fraction of sp³-hybridized carbons (Fsp3) is 0.600. The number of aryl methyl sites for hydroxylation is 2. The van der Waals surface area contributed by atoms with E-state index >= 15 is 0 Å². The number of fused-ring (bicyclic) bond motifs is 1. The smallest absolute Gasteiger partial charge is 0.410 e. The van der Waals surface area contributed by atoms with E-state index in [1.165, 1.54) is 0 Å². The number of carbonyl (C=O) groups excluding carboxylic acids is 4. The Morgan fingerprint density at radius 1 is 0.811 bits per heavy atom. The zero-order valence-corrected chi connectivity index (χ0v) is 32.6. The van der Waals surface area contributed by atoms with Crippen molar-refractivity contribution in [3.8, 4) is 0 Å². The van der Waals surface area contributed by atoms with E-state index in [0.29, 0.717) is 69.7 Å². The molecule has 2 aromatic rings. The van der Waals surface area contributed by atoms with Crippen molar-refractivity contribution >= 4 is 41.4 Å². The number of piperidine rings is 2. The summed E-state index contributed by atoms with van der Waals surface area (Å²) < 4.78 is 11.7. The van der Waals surface area contributed by atoms with Gasteiger partial charge >= 0.3 is 18.2 Å². The van der Waals surface area contributed by atoms with Crippen LogP contribution in [0.15, 0.2) is 36.4 Å². The predicted octanol–water partition coefficient (Wildman–Crippen LogP) is 6.10. The van der Waals surface area contributed by atoms with Gasteiger partial charge in [0.15, 0.2) is 6.10 Å². The molecule has 6 rings (SSSR count). The summed E-state index contributed by atoms with van der Waals surface area (Å²) >= 11 is 6.47. The molecule has 0 aliphatic carbocycles. The van der Waals surface area contributed by atoms with Gasteiger partial charge in [0.2, 0.25) is 0 Å². The first kappa shape index (κ1) is 38.7. The number of nitrogens with one attached hydrogen (secondary N) is 1. The summed E-state index contributed by atoms with van der Waals surface area (Å²) in [6, 6.07) is 12.0. The fourth-order valence-electron chi connectivity index (χ4n) is 8.09. The Bertz CT molecular complexity index is 1630. The summed E-state index contributed by atoms with van der Waals surface area (Å²) in [5, 5.41) is 3.74. The molecule has 0 aromatic heterocycles. The highest BCUT2D eigenvalue weighted by Gasteiger charge is 2.37. The minimum atomic E-state index is -0.982. The van der Waals surface area contributed by atoms with Crippen LogP contribution in [-0.2, 0) is 27.1 Å². The normalized spacial score (nSPS) is 20.0. The van der Waals surface area contributed by atoms with Crippen LogP contribution in [0.3, 0.4) is 0 Å². The van der Waals surface area contributed by atoms with Crippen LogP contribution >= 0.6 is 11.6 Å². The lowest BCUT2D eigenvalue weighted by Crippen LogP contribution is -2.56. The lowest BCUT2D eigenvalue weighted by atomic mass is 9.99. The number of piperazine rings is 1. The molecule has 3 saturated heterocycles. The zero-order chi connectivity index (χ0) is 37.9. The van der Waals surface area contributed by atoms with Crippen molar-refractivity contribution in [2.45, 2.75) is 96.9 Å². The van der Waals surface area contributed by atoms with Gasteiger partial charge in [-0.25, -0.2) is 14.4 Å². The second kappa shape index (κ2) is 16.5. The third-order valence-electron chi connectivity index (χ3n) is 11.0. The fourth-order valence-corrected chi connectivity index (χ4v) is 8.20. The van der Waals surface area contributed by atoms with Crippen molar-refractivity contribution < 1.29 is 28.7 Å². The van der Waals surface area contributed by atoms with Gasteiger partial charge in [-0.05, 0) is 95.0 Å². The first-order valence-corrected chi connectivity index (χ1v) is 19.5. The van der Waals surface area contributed by atoms with Crippen molar-refractivity contribution in [2.24, 2.45) is 0 Å². The third kappa shape index (κ3) is 9.56. The third-order valence-corrected chi connectivity index (χ3v) is 11.6. The van der Waals surface area contributed by atoms with Crippen LogP contribution in [0.25, 0.3) is 0 Å². The van der Waals surface area contributed by atoms with E-state index in [2.05, 4.69) is 10.2 Å². The predicted molar refractivity (Wildman–Crippen MR) is 204 cm³/mol. The van der Waals surface area contributed by atoms with Crippen LogP contribution in [0.2, 0.25) is 5.02 Å². The topological polar surface area (TPSA) is 115 Å². The second-order valence-corrected chi connectivity index (χ2v) is 16.3. The zero-order valence-electron chi connectivity index (χ0n) is 31.9. The van der Waals surface area contributed by atoms with Crippen LogP contribution in [0, 0.1) is 13.8 Å². The van der Waals surface area contributed by atoms with Gasteiger partial charge in [0.05, 0.1) is 0 Å². The highest BCUT2D eigenvalue weighted by Crippen LogP contribution is 2.27. The van der Waals surface area contributed by atoms with E-state index in [4.69, 9.17) is 21.1 Å². The molecule has 5 amide bonds. The number of rotatable bonds is 6. The molecule has 2 aromatic carbocycles. The lowest BCUT2D eigenvalue weighted by Gasteiger charge is -2.43. The molecule has 4 heterocycles. The number of nitrogens with zero attached hydrogens (tertiary/aromatic N) is 5. The maximum Gasteiger partial charge on any atom is 0.410 e. The summed E-state index contributed by atoms with van der Waals surface area (Å²) in [7, 11) is 0. The van der Waals surface area contributed by atoms with Gasteiger partial charge in [-0.2, -0.15) is 0 Å². The van der Waals surface area contributed by atoms with E-state index < -0.39 is 17.8 Å². The van der Waals surface area contributed by atoms with Crippen molar-refractivity contribution in [1.29, 1.82) is 0 Å².